The molecule has 3 N–H and O–H groups in total. The van der Waals surface area contributed by atoms with E-state index in [1.165, 1.54) is 77.0 Å². The molecule has 5 nitrogen and oxygen atoms in total. The van der Waals surface area contributed by atoms with Gasteiger partial charge in [-0.1, -0.05) is 89.7 Å². The van der Waals surface area contributed by atoms with Crippen LogP contribution in [0.5, 0.6) is 0 Å². The lowest BCUT2D eigenvalue weighted by Gasteiger charge is -2.20. The molecule has 5 heteroatoms. The van der Waals surface area contributed by atoms with E-state index < -0.39 is 31.0 Å². The van der Waals surface area contributed by atoms with Crippen molar-refractivity contribution in [2.75, 3.05) is 19.8 Å². The average Bonchev–Trinajstić information content (AvgIpc) is 3.12. The molecular weight excluding hydrogens is 380 g/mol. The lowest BCUT2D eigenvalue weighted by molar-refractivity contribution is -0.0730. The first kappa shape index (κ1) is 27.6. The fourth-order valence-electron chi connectivity index (χ4n) is 4.03. The van der Waals surface area contributed by atoms with Gasteiger partial charge in [0.15, 0.2) is 0 Å². The van der Waals surface area contributed by atoms with Crippen LogP contribution in [0.1, 0.15) is 103 Å². The maximum Gasteiger partial charge on any atom is 0.114 e. The van der Waals surface area contributed by atoms with Crippen molar-refractivity contribution in [2.24, 2.45) is 0 Å². The van der Waals surface area contributed by atoms with E-state index in [0.717, 1.165) is 19.3 Å². The predicted octanol–water partition coefficient (Wildman–Crippen LogP) is 4.91. The zero-order chi connectivity index (χ0) is 21.9. The van der Waals surface area contributed by atoms with Crippen LogP contribution in [0, 0.1) is 0 Å². The van der Waals surface area contributed by atoms with Crippen LogP contribution in [0.25, 0.3) is 0 Å². The molecule has 1 aliphatic heterocycles. The predicted molar refractivity (Wildman–Crippen MR) is 123 cm³/mol. The molecule has 1 aliphatic rings. The molecule has 0 amide bonds. The third kappa shape index (κ3) is 13.1. The Hall–Kier alpha value is -0.460. The third-order valence-corrected chi connectivity index (χ3v) is 5.99. The van der Waals surface area contributed by atoms with Gasteiger partial charge in [0, 0.05) is 6.61 Å². The quantitative estimate of drug-likeness (QED) is 0.190. The topological polar surface area (TPSA) is 79.2 Å². The number of hydrogen-bond donors (Lipinski definition) is 3. The minimum Gasteiger partial charge on any atom is -0.394 e. The smallest absolute Gasteiger partial charge is 0.114 e. The van der Waals surface area contributed by atoms with E-state index in [1.54, 1.807) is 0 Å². The number of allylic oxidation sites excluding steroid dienone is 2. The van der Waals surface area contributed by atoms with Crippen LogP contribution >= 0.6 is 0 Å². The molecule has 178 valence electrons. The Balaban J connectivity index is 1.78. The largest absolute Gasteiger partial charge is 0.394 e. The van der Waals surface area contributed by atoms with E-state index in [-0.39, 0.29) is 6.61 Å². The second-order valence-electron chi connectivity index (χ2n) is 8.71. The van der Waals surface area contributed by atoms with Crippen LogP contribution in [-0.4, -0.2) is 59.6 Å². The standard InChI is InChI=1S/C25H48O5/c1-2-3-4-5-6-7-8-9-10-11-12-13-14-15-16-17-18-19-29-23-21-30-25(24(23)28)22(27)20-26/h3-4,22-28H,2,5-21H2,1H3/b4-3+/t22-,23+,24-,25-/m0/s1. The van der Waals surface area contributed by atoms with E-state index in [2.05, 4.69) is 19.1 Å². The van der Waals surface area contributed by atoms with Gasteiger partial charge >= 0.3 is 0 Å². The minimum absolute atomic E-state index is 0.277. The number of aliphatic hydroxyl groups is 3. The van der Waals surface area contributed by atoms with Crippen LogP contribution in [0.15, 0.2) is 12.2 Å². The third-order valence-electron chi connectivity index (χ3n) is 5.99. The summed E-state index contributed by atoms with van der Waals surface area (Å²) in [5.74, 6) is 0. The summed E-state index contributed by atoms with van der Waals surface area (Å²) >= 11 is 0. The van der Waals surface area contributed by atoms with Crippen molar-refractivity contribution in [2.45, 2.75) is 128 Å². The molecule has 0 aromatic carbocycles. The Morgan fingerprint density at radius 3 is 1.93 bits per heavy atom. The molecule has 0 saturated carbocycles. The summed E-state index contributed by atoms with van der Waals surface area (Å²) in [6.45, 7) is 2.67. The Bertz CT molecular complexity index is 401. The van der Waals surface area contributed by atoms with Gasteiger partial charge in [0.1, 0.15) is 24.4 Å². The van der Waals surface area contributed by atoms with E-state index in [4.69, 9.17) is 14.6 Å². The maximum absolute atomic E-state index is 10.1. The number of rotatable bonds is 20. The highest BCUT2D eigenvalue weighted by Gasteiger charge is 2.40. The van der Waals surface area contributed by atoms with Gasteiger partial charge in [-0.15, -0.1) is 0 Å². The van der Waals surface area contributed by atoms with Gasteiger partial charge in [0.05, 0.1) is 13.2 Å². The molecule has 30 heavy (non-hydrogen) atoms. The van der Waals surface area contributed by atoms with Crippen molar-refractivity contribution in [3.8, 4) is 0 Å². The van der Waals surface area contributed by atoms with Crippen LogP contribution in [0.3, 0.4) is 0 Å². The maximum atomic E-state index is 10.1. The molecule has 0 aliphatic carbocycles. The molecule has 0 unspecified atom stereocenters. The lowest BCUT2D eigenvalue weighted by Crippen LogP contribution is -2.41. The van der Waals surface area contributed by atoms with Crippen molar-refractivity contribution >= 4 is 0 Å². The molecule has 1 fully saturated rings. The molecule has 1 saturated heterocycles. The fraction of sp³-hybridized carbons (Fsp3) is 0.920. The van der Waals surface area contributed by atoms with Gasteiger partial charge < -0.3 is 24.8 Å². The first-order chi connectivity index (χ1) is 14.7. The van der Waals surface area contributed by atoms with Gasteiger partial charge in [0.25, 0.3) is 0 Å². The second-order valence-corrected chi connectivity index (χ2v) is 8.71. The van der Waals surface area contributed by atoms with Crippen molar-refractivity contribution in [3.05, 3.63) is 12.2 Å². The van der Waals surface area contributed by atoms with E-state index in [9.17, 15) is 10.2 Å². The summed E-state index contributed by atoms with van der Waals surface area (Å²) in [6, 6.07) is 0. The van der Waals surface area contributed by atoms with Crippen LogP contribution in [-0.2, 0) is 9.47 Å². The van der Waals surface area contributed by atoms with Gasteiger partial charge in [-0.05, 0) is 25.7 Å². The summed E-state index contributed by atoms with van der Waals surface area (Å²) in [5.41, 5.74) is 0. The van der Waals surface area contributed by atoms with E-state index in [1.807, 2.05) is 0 Å². The molecule has 1 heterocycles. The van der Waals surface area contributed by atoms with E-state index >= 15 is 0 Å². The van der Waals surface area contributed by atoms with E-state index in [0.29, 0.717) is 6.61 Å². The van der Waals surface area contributed by atoms with Crippen molar-refractivity contribution in [1.82, 2.24) is 0 Å². The van der Waals surface area contributed by atoms with Crippen LogP contribution in [0.4, 0.5) is 0 Å². The summed E-state index contributed by atoms with van der Waals surface area (Å²) < 4.78 is 11.0. The van der Waals surface area contributed by atoms with Crippen molar-refractivity contribution in [3.63, 3.8) is 0 Å². The summed E-state index contributed by atoms with van der Waals surface area (Å²) in [4.78, 5) is 0. The summed E-state index contributed by atoms with van der Waals surface area (Å²) in [5, 5.41) is 28.6. The Morgan fingerprint density at radius 1 is 0.867 bits per heavy atom. The molecule has 4 atom stereocenters. The molecule has 0 spiro atoms. The number of ether oxygens (including phenoxy) is 2. The first-order valence-corrected chi connectivity index (χ1v) is 12.6. The van der Waals surface area contributed by atoms with Crippen LogP contribution < -0.4 is 0 Å². The average molecular weight is 429 g/mol. The number of aliphatic hydroxyl groups excluding tert-OH is 3. The van der Waals surface area contributed by atoms with Gasteiger partial charge in [0.2, 0.25) is 0 Å². The fourth-order valence-corrected chi connectivity index (χ4v) is 4.03. The minimum atomic E-state index is -1.05. The Kier molecular flexibility index (Phi) is 17.7. The number of hydrogen-bond acceptors (Lipinski definition) is 5. The normalized spacial score (nSPS) is 22.9. The van der Waals surface area contributed by atoms with Gasteiger partial charge in [-0.3, -0.25) is 0 Å². The monoisotopic (exact) mass is 428 g/mol. The molecule has 0 radical (unpaired) electrons. The highest BCUT2D eigenvalue weighted by atomic mass is 16.6. The van der Waals surface area contributed by atoms with Crippen molar-refractivity contribution in [1.29, 1.82) is 0 Å². The zero-order valence-electron chi connectivity index (χ0n) is 19.4. The molecule has 0 aromatic heterocycles. The first-order valence-electron chi connectivity index (χ1n) is 12.6. The molecule has 0 bridgehead atoms. The second kappa shape index (κ2) is 19.2. The molecule has 1 rings (SSSR count). The van der Waals surface area contributed by atoms with Crippen molar-refractivity contribution < 1.29 is 24.8 Å². The Labute approximate surface area is 184 Å². The SMILES string of the molecule is CC/C=C/CCCCCCCCCCCCCCCO[C@@H]1CO[C@@H]([C@@H](O)CO)[C@H]1O. The molecular formula is C25H48O5. The van der Waals surface area contributed by atoms with Gasteiger partial charge in [-0.2, -0.15) is 0 Å². The Morgan fingerprint density at radius 2 is 1.40 bits per heavy atom. The summed E-state index contributed by atoms with van der Waals surface area (Å²) in [7, 11) is 0. The molecule has 0 aromatic rings. The highest BCUT2D eigenvalue weighted by molar-refractivity contribution is 4.88. The van der Waals surface area contributed by atoms with Gasteiger partial charge in [-0.25, -0.2) is 0 Å². The summed E-state index contributed by atoms with van der Waals surface area (Å²) in [6.07, 6.45) is 21.0. The number of unbranched alkanes of at least 4 members (excludes halogenated alkanes) is 13. The zero-order valence-corrected chi connectivity index (χ0v) is 19.4. The lowest BCUT2D eigenvalue weighted by atomic mass is 10.0. The van der Waals surface area contributed by atoms with Crippen LogP contribution in [0.2, 0.25) is 0 Å². The highest BCUT2D eigenvalue weighted by Crippen LogP contribution is 2.20.